The van der Waals surface area contributed by atoms with Crippen molar-refractivity contribution in [1.29, 1.82) is 0 Å². The number of nitrogens with zero attached hydrogens (tertiary/aromatic N) is 2. The molecule has 2 heterocycles. The molecule has 0 fully saturated rings. The molecule has 2 aromatic heterocycles. The summed E-state index contributed by atoms with van der Waals surface area (Å²) in [5.74, 6) is 0.603. The fourth-order valence-corrected chi connectivity index (χ4v) is 3.73. The Kier molecular flexibility index (Phi) is 20.3. The summed E-state index contributed by atoms with van der Waals surface area (Å²) in [7, 11) is 0. The van der Waals surface area contributed by atoms with Gasteiger partial charge < -0.3 is 24.9 Å². The predicted molar refractivity (Wildman–Crippen MR) is 167 cm³/mol. The Labute approximate surface area is 296 Å². The van der Waals surface area contributed by atoms with Crippen molar-refractivity contribution in [1.82, 2.24) is 9.97 Å². The van der Waals surface area contributed by atoms with Crippen molar-refractivity contribution < 1.29 is 71.8 Å². The van der Waals surface area contributed by atoms with E-state index in [2.05, 4.69) is 20.6 Å². The summed E-state index contributed by atoms with van der Waals surface area (Å²) >= 11 is 0. The number of para-hydroxylation sites is 2. The summed E-state index contributed by atoms with van der Waals surface area (Å²) < 4.78 is 38.2. The van der Waals surface area contributed by atoms with Crippen LogP contribution in [0.3, 0.4) is 0 Å². The van der Waals surface area contributed by atoms with Crippen LogP contribution in [0.1, 0.15) is 13.0 Å². The van der Waals surface area contributed by atoms with E-state index in [0.29, 0.717) is 22.9 Å². The van der Waals surface area contributed by atoms with Gasteiger partial charge >= 0.3 is 41.9 Å². The molecule has 0 aliphatic heterocycles. The molecule has 0 spiro atoms. The second kappa shape index (κ2) is 22.9. The number of benzene rings is 4. The van der Waals surface area contributed by atoms with Crippen LogP contribution < -0.4 is 40.2 Å². The van der Waals surface area contributed by atoms with Gasteiger partial charge in [0.05, 0.1) is 23.8 Å². The van der Waals surface area contributed by atoms with E-state index in [9.17, 15) is 8.78 Å². The number of nitrogens with one attached hydrogen (secondary N) is 2. The number of halogens is 2. The first-order valence-electron chi connectivity index (χ1n) is 12.9. The number of rotatable bonds is 6. The molecular weight excluding hydrogens is 637 g/mol. The third-order valence-corrected chi connectivity index (χ3v) is 5.71. The van der Waals surface area contributed by atoms with Gasteiger partial charge in [-0.05, 0) is 36.8 Å². The Morgan fingerprint density at radius 1 is 0.604 bits per heavy atom. The third-order valence-electron chi connectivity index (χ3n) is 5.71. The van der Waals surface area contributed by atoms with Gasteiger partial charge in [0, 0.05) is 11.1 Å². The molecule has 0 unspecified atom stereocenters. The standard InChI is InChI=1S/C16H13FN2O.C15H11FN2O.2CO2.CH4.Na.H2O/c1-11-6-2-3-7-12(11)15-10-18-16(20-15)19-14-9-5-4-8-13(14)17;16-12-8-4-5-9-13(12)18-15-17-10-14(19-15)11-6-2-1-3-7-11;2*2-1-3;;;/h2-10H,1H3,(H,18,19);1-10H,(H,17,18);;;1H4;;1H2/q;;;;;+1;/p-1. The average molecular weight is 667 g/mol. The number of carbonyl (C=O) groups excluding carboxylic acids is 4. The quantitative estimate of drug-likeness (QED) is 0.228. The molecule has 6 rings (SSSR count). The fourth-order valence-electron chi connectivity index (χ4n) is 3.73. The van der Waals surface area contributed by atoms with Gasteiger partial charge in [-0.2, -0.15) is 19.2 Å². The third kappa shape index (κ3) is 13.1. The van der Waals surface area contributed by atoms with Gasteiger partial charge in [-0.25, -0.2) is 18.7 Å². The zero-order chi connectivity index (χ0) is 32.4. The van der Waals surface area contributed by atoms with Gasteiger partial charge in [0.15, 0.2) is 11.5 Å². The summed E-state index contributed by atoms with van der Waals surface area (Å²) in [6.07, 6.45) is 3.74. The summed E-state index contributed by atoms with van der Waals surface area (Å²) in [5, 5.41) is 5.64. The smallest absolute Gasteiger partial charge is 0.870 e. The minimum absolute atomic E-state index is 0. The largest absolute Gasteiger partial charge is 1.00 e. The molecule has 11 nitrogen and oxygen atoms in total. The van der Waals surface area contributed by atoms with Gasteiger partial charge in [0.25, 0.3) is 12.0 Å². The number of hydrogen-bond donors (Lipinski definition) is 2. The zero-order valence-corrected chi connectivity index (χ0v) is 27.0. The molecule has 0 radical (unpaired) electrons. The van der Waals surface area contributed by atoms with Crippen LogP contribution in [0, 0.1) is 18.6 Å². The first kappa shape index (κ1) is 42.5. The number of aryl methyl sites for hydroxylation is 1. The van der Waals surface area contributed by atoms with E-state index in [1.165, 1.54) is 12.1 Å². The fraction of sp³-hybridized carbons (Fsp3) is 0.0588. The van der Waals surface area contributed by atoms with Crippen molar-refractivity contribution in [3.8, 4) is 22.6 Å². The topological polar surface area (TPSA) is 174 Å². The Hall–Kier alpha value is -5.52. The van der Waals surface area contributed by atoms with Crippen LogP contribution in [0.5, 0.6) is 0 Å². The minimum atomic E-state index is -0.345. The van der Waals surface area contributed by atoms with E-state index in [1.807, 2.05) is 61.5 Å². The van der Waals surface area contributed by atoms with Gasteiger partial charge in [0.1, 0.15) is 11.6 Å². The van der Waals surface area contributed by atoms with Crippen molar-refractivity contribution in [3.63, 3.8) is 0 Å². The summed E-state index contributed by atoms with van der Waals surface area (Å²) in [5.41, 5.74) is 3.67. The van der Waals surface area contributed by atoms with Gasteiger partial charge in [-0.3, -0.25) is 0 Å². The number of oxazole rings is 2. The molecule has 0 atom stereocenters. The van der Waals surface area contributed by atoms with Crippen LogP contribution in [-0.2, 0) is 19.2 Å². The van der Waals surface area contributed by atoms with E-state index in [1.54, 1.807) is 48.8 Å². The van der Waals surface area contributed by atoms with E-state index >= 15 is 0 Å². The number of hydrogen-bond acceptors (Lipinski definition) is 11. The van der Waals surface area contributed by atoms with Crippen LogP contribution in [0.15, 0.2) is 124 Å². The Morgan fingerprint density at radius 3 is 1.48 bits per heavy atom. The van der Waals surface area contributed by atoms with E-state index < -0.39 is 0 Å². The molecule has 242 valence electrons. The van der Waals surface area contributed by atoms with Crippen molar-refractivity contribution in [2.75, 3.05) is 10.6 Å². The molecule has 0 aliphatic rings. The molecule has 6 aromatic rings. The van der Waals surface area contributed by atoms with Crippen LogP contribution in [0.25, 0.3) is 22.6 Å². The van der Waals surface area contributed by atoms with Crippen molar-refractivity contribution in [2.45, 2.75) is 14.4 Å². The Bertz CT molecular complexity index is 1860. The molecule has 0 saturated heterocycles. The maximum absolute atomic E-state index is 13.5. The molecule has 3 N–H and O–H groups in total. The van der Waals surface area contributed by atoms with Gasteiger partial charge in [-0.1, -0.05) is 86.3 Å². The monoisotopic (exact) mass is 666 g/mol. The molecule has 14 heteroatoms. The molecule has 0 saturated carbocycles. The predicted octanol–water partition coefficient (Wildman–Crippen LogP) is 5.05. The summed E-state index contributed by atoms with van der Waals surface area (Å²) in [6.45, 7) is 2.00. The molecule has 48 heavy (non-hydrogen) atoms. The molecular formula is C34H29F2N4NaO7. The molecule has 4 aromatic carbocycles. The second-order valence-corrected chi connectivity index (χ2v) is 8.62. The summed E-state index contributed by atoms with van der Waals surface area (Å²) in [6, 6.07) is 30.8. The normalized spacial score (nSPS) is 8.81. The van der Waals surface area contributed by atoms with Crippen LogP contribution >= 0.6 is 0 Å². The van der Waals surface area contributed by atoms with E-state index in [0.717, 1.165) is 16.7 Å². The Morgan fingerprint density at radius 2 is 1.00 bits per heavy atom. The van der Waals surface area contributed by atoms with E-state index in [-0.39, 0.29) is 78.4 Å². The maximum atomic E-state index is 13.5. The second-order valence-electron chi connectivity index (χ2n) is 8.62. The van der Waals surface area contributed by atoms with Crippen molar-refractivity contribution in [3.05, 3.63) is 133 Å². The van der Waals surface area contributed by atoms with Crippen molar-refractivity contribution >= 4 is 35.7 Å². The van der Waals surface area contributed by atoms with Crippen LogP contribution in [0.2, 0.25) is 0 Å². The Balaban J connectivity index is 0.000000751. The van der Waals surface area contributed by atoms with Gasteiger partial charge in [-0.15, -0.1) is 0 Å². The van der Waals surface area contributed by atoms with Crippen molar-refractivity contribution in [2.24, 2.45) is 0 Å². The zero-order valence-electron chi connectivity index (χ0n) is 25.0. The molecule has 0 amide bonds. The molecule has 0 aliphatic carbocycles. The number of anilines is 4. The first-order chi connectivity index (χ1) is 21.9. The average Bonchev–Trinajstić information content (AvgIpc) is 3.71. The van der Waals surface area contributed by atoms with Crippen LogP contribution in [0.4, 0.5) is 32.2 Å². The maximum Gasteiger partial charge on any atom is 1.00 e. The first-order valence-corrected chi connectivity index (χ1v) is 12.9. The SMILES string of the molecule is C.Cc1ccccc1-c1cnc(Nc2ccccc2F)o1.Fc1ccccc1Nc1ncc(-c2ccccc2)o1.O=C=O.O=C=O.[Na+].[OH-]. The molecule has 0 bridgehead atoms. The van der Waals surface area contributed by atoms with E-state index in [4.69, 9.17) is 28.0 Å². The number of aromatic nitrogens is 2. The van der Waals surface area contributed by atoms with Crippen LogP contribution in [-0.4, -0.2) is 27.7 Å². The minimum Gasteiger partial charge on any atom is -0.870 e. The summed E-state index contributed by atoms with van der Waals surface area (Å²) in [4.78, 5) is 40.7. The van der Waals surface area contributed by atoms with Gasteiger partial charge in [0.2, 0.25) is 0 Å².